The Bertz CT molecular complexity index is 1220. The summed E-state index contributed by atoms with van der Waals surface area (Å²) in [4.78, 5) is 27.1. The Hall–Kier alpha value is -3.97. The van der Waals surface area contributed by atoms with Gasteiger partial charge in [0.15, 0.2) is 5.78 Å². The number of nitrogens with two attached hydrogens (primary N) is 2. The maximum atomic E-state index is 13.4. The summed E-state index contributed by atoms with van der Waals surface area (Å²) < 4.78 is 0. The number of Topliss-reactive ketones (excluding diaryl/α,β-unsaturated/α-hetero) is 1. The molecule has 1 aliphatic rings. The number of hydrogen-bond acceptors (Lipinski definition) is 5. The topological polar surface area (TPSA) is 125 Å². The van der Waals surface area contributed by atoms with E-state index < -0.39 is 6.04 Å². The van der Waals surface area contributed by atoms with E-state index in [0.29, 0.717) is 36.3 Å². The van der Waals surface area contributed by atoms with E-state index in [4.69, 9.17) is 16.9 Å². The summed E-state index contributed by atoms with van der Waals surface area (Å²) in [7, 11) is 0. The fraction of sp³-hybridized carbons (Fsp3) is 0.192. The molecular weight excluding hydrogens is 414 g/mol. The standard InChI is InChI=1S/C26H27N5O2/c1-16(32)19-3-2-4-22(11-19)30-26(33)24-12-20-9-10-21(25(28)29)13-23(20)31(24)15-18-7-5-17(14-27)6-8-18/h2-11,13,24H,12,14-15,27H2,1H3,(H3,28,29)(H,30,33). The van der Waals surface area contributed by atoms with Crippen LogP contribution in [0.1, 0.15) is 39.5 Å². The zero-order valence-electron chi connectivity index (χ0n) is 18.5. The van der Waals surface area contributed by atoms with Crippen LogP contribution in [-0.2, 0) is 24.3 Å². The number of fused-ring (bicyclic) bond motifs is 1. The third-order valence-electron chi connectivity index (χ3n) is 5.95. The lowest BCUT2D eigenvalue weighted by molar-refractivity contribution is -0.117. The van der Waals surface area contributed by atoms with E-state index in [9.17, 15) is 9.59 Å². The van der Waals surface area contributed by atoms with Crippen LogP contribution in [0.25, 0.3) is 0 Å². The Morgan fingerprint density at radius 1 is 1.03 bits per heavy atom. The normalized spacial score (nSPS) is 14.6. The SMILES string of the molecule is CC(=O)c1cccc(NC(=O)C2Cc3ccc(C(=N)N)cc3N2Cc2ccc(CN)cc2)c1. The Morgan fingerprint density at radius 2 is 1.76 bits per heavy atom. The fourth-order valence-corrected chi connectivity index (χ4v) is 4.11. The van der Waals surface area contributed by atoms with Crippen LogP contribution in [0.3, 0.4) is 0 Å². The lowest BCUT2D eigenvalue weighted by atomic mass is 10.1. The molecule has 1 heterocycles. The van der Waals surface area contributed by atoms with Gasteiger partial charge in [-0.25, -0.2) is 0 Å². The minimum atomic E-state index is -0.447. The summed E-state index contributed by atoms with van der Waals surface area (Å²) in [5, 5.41) is 10.8. The van der Waals surface area contributed by atoms with Gasteiger partial charge in [-0.05, 0) is 41.8 Å². The number of rotatable bonds is 7. The molecule has 1 amide bonds. The van der Waals surface area contributed by atoms with Crippen molar-refractivity contribution in [3.63, 3.8) is 0 Å². The van der Waals surface area contributed by atoms with E-state index in [1.54, 1.807) is 24.3 Å². The first-order valence-corrected chi connectivity index (χ1v) is 10.8. The van der Waals surface area contributed by atoms with E-state index in [1.807, 2.05) is 47.4 Å². The van der Waals surface area contributed by atoms with Crippen molar-refractivity contribution in [1.29, 1.82) is 5.41 Å². The van der Waals surface area contributed by atoms with Crippen LogP contribution in [0.5, 0.6) is 0 Å². The molecule has 7 heteroatoms. The van der Waals surface area contributed by atoms with Gasteiger partial charge in [0.05, 0.1) is 0 Å². The van der Waals surface area contributed by atoms with E-state index in [2.05, 4.69) is 5.32 Å². The lowest BCUT2D eigenvalue weighted by Gasteiger charge is -2.27. The number of amides is 1. The highest BCUT2D eigenvalue weighted by Crippen LogP contribution is 2.35. The Morgan fingerprint density at radius 3 is 2.42 bits per heavy atom. The minimum Gasteiger partial charge on any atom is -0.384 e. The number of ketones is 1. The second kappa shape index (κ2) is 9.26. The van der Waals surface area contributed by atoms with Crippen molar-refractivity contribution in [3.05, 3.63) is 94.5 Å². The van der Waals surface area contributed by atoms with Gasteiger partial charge >= 0.3 is 0 Å². The molecule has 0 saturated carbocycles. The van der Waals surface area contributed by atoms with Crippen LogP contribution in [0.15, 0.2) is 66.7 Å². The molecule has 3 aromatic carbocycles. The largest absolute Gasteiger partial charge is 0.384 e. The lowest BCUT2D eigenvalue weighted by Crippen LogP contribution is -2.41. The van der Waals surface area contributed by atoms with Crippen molar-refractivity contribution in [3.8, 4) is 0 Å². The Kier molecular flexibility index (Phi) is 6.24. The number of hydrogen-bond donors (Lipinski definition) is 4. The molecule has 0 saturated heterocycles. The molecule has 0 fully saturated rings. The first-order chi connectivity index (χ1) is 15.9. The average molecular weight is 442 g/mol. The predicted octanol–water partition coefficient (Wildman–Crippen LogP) is 3.20. The maximum Gasteiger partial charge on any atom is 0.247 e. The molecule has 0 aliphatic carbocycles. The van der Waals surface area contributed by atoms with Gasteiger partial charge in [-0.1, -0.05) is 48.5 Å². The number of carbonyl (C=O) groups is 2. The number of nitrogen functional groups attached to an aromatic ring is 1. The summed E-state index contributed by atoms with van der Waals surface area (Å²) in [6, 6.07) is 20.1. The Balaban J connectivity index is 1.64. The van der Waals surface area contributed by atoms with Gasteiger partial charge in [-0.3, -0.25) is 15.0 Å². The molecule has 3 aromatic rings. The Labute approximate surface area is 192 Å². The van der Waals surface area contributed by atoms with Gasteiger partial charge in [-0.15, -0.1) is 0 Å². The molecule has 1 atom stereocenters. The maximum absolute atomic E-state index is 13.4. The zero-order chi connectivity index (χ0) is 23.5. The summed E-state index contributed by atoms with van der Waals surface area (Å²) in [6.07, 6.45) is 0.534. The van der Waals surface area contributed by atoms with Crippen LogP contribution < -0.4 is 21.7 Å². The van der Waals surface area contributed by atoms with Gasteiger partial charge in [0.25, 0.3) is 0 Å². The first kappa shape index (κ1) is 22.2. The van der Waals surface area contributed by atoms with Crippen LogP contribution >= 0.6 is 0 Å². The predicted molar refractivity (Wildman–Crippen MR) is 131 cm³/mol. The van der Waals surface area contributed by atoms with Gasteiger partial charge in [-0.2, -0.15) is 0 Å². The highest BCUT2D eigenvalue weighted by Gasteiger charge is 2.35. The molecule has 7 nitrogen and oxygen atoms in total. The highest BCUT2D eigenvalue weighted by molar-refractivity contribution is 6.01. The molecular formula is C26H27N5O2. The number of anilines is 2. The third kappa shape index (κ3) is 4.78. The first-order valence-electron chi connectivity index (χ1n) is 10.8. The van der Waals surface area contributed by atoms with Crippen LogP contribution in [0.2, 0.25) is 0 Å². The van der Waals surface area contributed by atoms with Gasteiger partial charge in [0.2, 0.25) is 5.91 Å². The number of nitrogens with zero attached hydrogens (tertiary/aromatic N) is 1. The molecule has 0 spiro atoms. The van der Waals surface area contributed by atoms with Gasteiger partial charge in [0.1, 0.15) is 11.9 Å². The molecule has 1 aliphatic heterocycles. The summed E-state index contributed by atoms with van der Waals surface area (Å²) in [5.74, 6) is -0.229. The minimum absolute atomic E-state index is 0.0148. The van der Waals surface area contributed by atoms with Crippen molar-refractivity contribution >= 4 is 28.9 Å². The smallest absolute Gasteiger partial charge is 0.247 e. The number of amidine groups is 1. The number of benzene rings is 3. The molecule has 33 heavy (non-hydrogen) atoms. The summed E-state index contributed by atoms with van der Waals surface area (Å²) in [5.41, 5.74) is 17.2. The molecule has 0 aromatic heterocycles. The third-order valence-corrected chi connectivity index (χ3v) is 5.95. The van der Waals surface area contributed by atoms with E-state index in [-0.39, 0.29) is 17.5 Å². The summed E-state index contributed by atoms with van der Waals surface area (Å²) >= 11 is 0. The monoisotopic (exact) mass is 441 g/mol. The van der Waals surface area contributed by atoms with Crippen molar-refractivity contribution in [2.24, 2.45) is 11.5 Å². The number of nitrogens with one attached hydrogen (secondary N) is 2. The average Bonchev–Trinajstić information content (AvgIpc) is 3.17. The number of carbonyl (C=O) groups excluding carboxylic acids is 2. The van der Waals surface area contributed by atoms with Gasteiger partial charge < -0.3 is 21.7 Å². The van der Waals surface area contributed by atoms with Crippen molar-refractivity contribution in [2.75, 3.05) is 10.2 Å². The summed E-state index contributed by atoms with van der Waals surface area (Å²) in [6.45, 7) is 2.49. The van der Waals surface area contributed by atoms with Crippen LogP contribution in [-0.4, -0.2) is 23.6 Å². The van der Waals surface area contributed by atoms with E-state index in [1.165, 1.54) is 6.92 Å². The molecule has 6 N–H and O–H groups in total. The fourth-order valence-electron chi connectivity index (χ4n) is 4.11. The second-order valence-corrected chi connectivity index (χ2v) is 8.25. The molecule has 4 rings (SSSR count). The second-order valence-electron chi connectivity index (χ2n) is 8.25. The van der Waals surface area contributed by atoms with Crippen LogP contribution in [0.4, 0.5) is 11.4 Å². The van der Waals surface area contributed by atoms with Gasteiger partial charge in [0, 0.05) is 42.0 Å². The van der Waals surface area contributed by atoms with Crippen molar-refractivity contribution in [2.45, 2.75) is 32.5 Å². The highest BCUT2D eigenvalue weighted by atomic mass is 16.2. The van der Waals surface area contributed by atoms with Crippen molar-refractivity contribution in [1.82, 2.24) is 0 Å². The molecule has 0 radical (unpaired) electrons. The van der Waals surface area contributed by atoms with E-state index in [0.717, 1.165) is 22.4 Å². The quantitative estimate of drug-likeness (QED) is 0.255. The van der Waals surface area contributed by atoms with E-state index >= 15 is 0 Å². The molecule has 0 bridgehead atoms. The molecule has 1 unspecified atom stereocenters. The van der Waals surface area contributed by atoms with Crippen LogP contribution in [0, 0.1) is 5.41 Å². The van der Waals surface area contributed by atoms with Crippen molar-refractivity contribution < 1.29 is 9.59 Å². The zero-order valence-corrected chi connectivity index (χ0v) is 18.5. The molecule has 168 valence electrons.